The minimum absolute atomic E-state index is 0.00399. The van der Waals surface area contributed by atoms with Gasteiger partial charge in [0.15, 0.2) is 6.19 Å². The first kappa shape index (κ1) is 18.0. The lowest BCUT2D eigenvalue weighted by Crippen LogP contribution is -2.36. The number of hydrogen-bond donors (Lipinski definition) is 2. The lowest BCUT2D eigenvalue weighted by molar-refractivity contribution is -0.122. The second kappa shape index (κ2) is 7.20. The number of amides is 1. The van der Waals surface area contributed by atoms with E-state index in [0.717, 1.165) is 19.3 Å². The van der Waals surface area contributed by atoms with Crippen LogP contribution >= 0.6 is 11.6 Å². The van der Waals surface area contributed by atoms with Crippen LogP contribution in [-0.2, 0) is 14.8 Å². The van der Waals surface area contributed by atoms with Gasteiger partial charge in [0.05, 0.1) is 5.02 Å². The Bertz CT molecular complexity index is 817. The van der Waals surface area contributed by atoms with Crippen LogP contribution in [0.25, 0.3) is 0 Å². The minimum atomic E-state index is -3.85. The number of rotatable bonds is 5. The van der Waals surface area contributed by atoms with Crippen LogP contribution in [-0.4, -0.2) is 38.4 Å². The maximum Gasteiger partial charge on any atom is 0.242 e. The van der Waals surface area contributed by atoms with Crippen LogP contribution in [0.4, 0.5) is 5.69 Å². The molecule has 0 radical (unpaired) electrons. The maximum absolute atomic E-state index is 12.6. The Morgan fingerprint density at radius 2 is 2.08 bits per heavy atom. The lowest BCUT2D eigenvalue weighted by atomic mass is 9.85. The van der Waals surface area contributed by atoms with Gasteiger partial charge in [0, 0.05) is 30.7 Å². The van der Waals surface area contributed by atoms with Gasteiger partial charge in [-0.05, 0) is 37.5 Å². The predicted molar refractivity (Wildman–Crippen MR) is 93.3 cm³/mol. The normalized spacial score (nSPS) is 20.8. The van der Waals surface area contributed by atoms with E-state index in [9.17, 15) is 13.2 Å². The molecule has 134 valence electrons. The number of nitrogens with zero attached hydrogens (tertiary/aromatic N) is 2. The second-order valence-corrected chi connectivity index (χ2v) is 8.50. The van der Waals surface area contributed by atoms with Crippen LogP contribution in [0.3, 0.4) is 0 Å². The number of anilines is 1. The maximum atomic E-state index is 12.6. The molecule has 1 aliphatic carbocycles. The molecule has 2 N–H and O–H groups in total. The summed E-state index contributed by atoms with van der Waals surface area (Å²) in [6, 6.07) is 4.08. The first-order valence-electron chi connectivity index (χ1n) is 8.16. The highest BCUT2D eigenvalue weighted by Crippen LogP contribution is 2.29. The average Bonchev–Trinajstić information content (AvgIpc) is 2.94. The van der Waals surface area contributed by atoms with Gasteiger partial charge in [-0.15, -0.1) is 0 Å². The zero-order valence-electron chi connectivity index (χ0n) is 13.5. The van der Waals surface area contributed by atoms with Gasteiger partial charge < -0.3 is 10.2 Å². The molecule has 0 bridgehead atoms. The van der Waals surface area contributed by atoms with Crippen LogP contribution in [0.2, 0.25) is 5.02 Å². The number of carbonyl (C=O) groups is 1. The molecule has 25 heavy (non-hydrogen) atoms. The molecular weight excluding hydrogens is 364 g/mol. The fourth-order valence-electron chi connectivity index (χ4n) is 2.93. The van der Waals surface area contributed by atoms with Crippen LogP contribution in [0.1, 0.15) is 25.7 Å². The Hall–Kier alpha value is -1.82. The Kier molecular flexibility index (Phi) is 5.18. The number of likely N-dealkylation sites (tertiary alicyclic amines) is 1. The molecule has 3 rings (SSSR count). The van der Waals surface area contributed by atoms with E-state index in [2.05, 4.69) is 10.0 Å². The number of benzene rings is 1. The second-order valence-electron chi connectivity index (χ2n) is 6.42. The summed E-state index contributed by atoms with van der Waals surface area (Å²) in [5.74, 6) is -0.0883. The van der Waals surface area contributed by atoms with Gasteiger partial charge in [0.2, 0.25) is 15.9 Å². The molecular formula is C16H19ClN4O3S. The summed E-state index contributed by atoms with van der Waals surface area (Å²) in [5.41, 5.74) is 0.409. The average molecular weight is 383 g/mol. The third-order valence-electron chi connectivity index (χ3n) is 4.62. The summed E-state index contributed by atoms with van der Waals surface area (Å²) < 4.78 is 27.9. The van der Waals surface area contributed by atoms with E-state index >= 15 is 0 Å². The Morgan fingerprint density at radius 1 is 1.32 bits per heavy atom. The minimum Gasteiger partial charge on any atom is -0.326 e. The van der Waals surface area contributed by atoms with Crippen molar-refractivity contribution in [2.75, 3.05) is 18.4 Å². The van der Waals surface area contributed by atoms with E-state index in [1.165, 1.54) is 17.0 Å². The summed E-state index contributed by atoms with van der Waals surface area (Å²) in [6.07, 6.45) is 5.34. The molecule has 0 spiro atoms. The third kappa shape index (κ3) is 4.06. The van der Waals surface area contributed by atoms with Gasteiger partial charge >= 0.3 is 0 Å². The molecule has 1 heterocycles. The molecule has 2 aliphatic rings. The quantitative estimate of drug-likeness (QED) is 0.757. The van der Waals surface area contributed by atoms with E-state index in [0.29, 0.717) is 25.2 Å². The van der Waals surface area contributed by atoms with Gasteiger partial charge in [-0.2, -0.15) is 5.26 Å². The Morgan fingerprint density at radius 3 is 2.68 bits per heavy atom. The van der Waals surface area contributed by atoms with E-state index in [1.54, 1.807) is 6.07 Å². The molecule has 0 aromatic heterocycles. The number of nitrogens with one attached hydrogen (secondary N) is 2. The van der Waals surface area contributed by atoms with Crippen molar-refractivity contribution in [3.63, 3.8) is 0 Å². The molecule has 0 unspecified atom stereocenters. The first-order valence-corrected chi connectivity index (χ1v) is 10.0. The molecule has 1 saturated heterocycles. The Balaban J connectivity index is 1.74. The highest BCUT2D eigenvalue weighted by molar-refractivity contribution is 7.89. The lowest BCUT2D eigenvalue weighted by Gasteiger charge is -2.24. The van der Waals surface area contributed by atoms with E-state index in [4.69, 9.17) is 16.9 Å². The number of carbonyl (C=O) groups excluding carboxylic acids is 1. The summed E-state index contributed by atoms with van der Waals surface area (Å²) in [5, 5.41) is 11.7. The number of hydrogen-bond acceptors (Lipinski definition) is 5. The van der Waals surface area contributed by atoms with Gasteiger partial charge in [-0.1, -0.05) is 18.0 Å². The zero-order chi connectivity index (χ0) is 18.0. The van der Waals surface area contributed by atoms with E-state index < -0.39 is 10.0 Å². The van der Waals surface area contributed by atoms with Gasteiger partial charge in [-0.25, -0.2) is 13.1 Å². The van der Waals surface area contributed by atoms with Crippen LogP contribution in [0.5, 0.6) is 0 Å². The fraction of sp³-hybridized carbons (Fsp3) is 0.500. The highest BCUT2D eigenvalue weighted by Gasteiger charge is 2.29. The summed E-state index contributed by atoms with van der Waals surface area (Å²) >= 11 is 6.07. The number of nitriles is 1. The molecule has 1 aromatic rings. The molecule has 1 aromatic carbocycles. The van der Waals surface area contributed by atoms with Crippen molar-refractivity contribution in [2.24, 2.45) is 5.92 Å². The topological polar surface area (TPSA) is 102 Å². The highest BCUT2D eigenvalue weighted by atomic mass is 35.5. The molecule has 7 nitrogen and oxygen atoms in total. The smallest absolute Gasteiger partial charge is 0.242 e. The molecule has 1 aliphatic heterocycles. The van der Waals surface area contributed by atoms with Crippen molar-refractivity contribution in [3.8, 4) is 6.19 Å². The summed E-state index contributed by atoms with van der Waals surface area (Å²) in [7, 11) is -3.85. The first-order chi connectivity index (χ1) is 11.9. The number of halogens is 1. The molecule has 1 saturated carbocycles. The van der Waals surface area contributed by atoms with Crippen molar-refractivity contribution < 1.29 is 13.2 Å². The van der Waals surface area contributed by atoms with E-state index in [1.807, 2.05) is 6.19 Å². The standard InChI is InChI=1S/C16H19ClN4O3S/c17-14-5-4-12(19-16(22)11-2-1-3-11)8-15(14)25(23,24)20-13-6-7-21(9-13)10-18/h4-5,8,11,13,20H,1-3,6-7,9H2,(H,19,22)/t13-/m1/s1. The summed E-state index contributed by atoms with van der Waals surface area (Å²) in [4.78, 5) is 13.5. The fourth-order valence-corrected chi connectivity index (χ4v) is 4.72. The largest absolute Gasteiger partial charge is 0.326 e. The molecule has 1 atom stereocenters. The molecule has 9 heteroatoms. The van der Waals surface area contributed by atoms with Crippen molar-refractivity contribution in [1.29, 1.82) is 5.26 Å². The van der Waals surface area contributed by atoms with Gasteiger partial charge in [0.25, 0.3) is 0 Å². The Labute approximate surface area is 152 Å². The summed E-state index contributed by atoms with van der Waals surface area (Å²) in [6.45, 7) is 0.861. The van der Waals surface area contributed by atoms with Gasteiger partial charge in [0.1, 0.15) is 4.90 Å². The van der Waals surface area contributed by atoms with Crippen molar-refractivity contribution in [3.05, 3.63) is 23.2 Å². The van der Waals surface area contributed by atoms with Crippen LogP contribution < -0.4 is 10.0 Å². The van der Waals surface area contributed by atoms with Crippen molar-refractivity contribution >= 4 is 33.2 Å². The predicted octanol–water partition coefficient (Wildman–Crippen LogP) is 1.91. The van der Waals surface area contributed by atoms with Crippen LogP contribution in [0.15, 0.2) is 23.1 Å². The van der Waals surface area contributed by atoms with Gasteiger partial charge in [-0.3, -0.25) is 4.79 Å². The van der Waals surface area contributed by atoms with Crippen molar-refractivity contribution in [1.82, 2.24) is 9.62 Å². The number of sulfonamides is 1. The monoisotopic (exact) mass is 382 g/mol. The van der Waals surface area contributed by atoms with Crippen LogP contribution in [0, 0.1) is 17.4 Å². The van der Waals surface area contributed by atoms with Crippen molar-refractivity contribution in [2.45, 2.75) is 36.6 Å². The SMILES string of the molecule is N#CN1CC[C@@H](NS(=O)(=O)c2cc(NC(=O)C3CCC3)ccc2Cl)C1. The molecule has 2 fully saturated rings. The molecule has 1 amide bonds. The zero-order valence-corrected chi connectivity index (χ0v) is 15.1. The van der Waals surface area contributed by atoms with E-state index in [-0.39, 0.29) is 27.8 Å². The third-order valence-corrected chi connectivity index (χ3v) is 6.62.